The molecular weight excluding hydrogens is 328 g/mol. The minimum atomic E-state index is -1.13. The molecule has 7 heteroatoms. The van der Waals surface area contributed by atoms with Gasteiger partial charge in [0.25, 0.3) is 0 Å². The van der Waals surface area contributed by atoms with E-state index in [9.17, 15) is 14.4 Å². The minimum Gasteiger partial charge on any atom is -0.480 e. The molecule has 0 radical (unpaired) electrons. The third-order valence-electron chi connectivity index (χ3n) is 2.42. The zero-order chi connectivity index (χ0) is 15.0. The number of carbonyl (C=O) groups excluding carboxylic acids is 2. The van der Waals surface area contributed by atoms with E-state index in [-0.39, 0.29) is 18.9 Å². The molecule has 0 spiro atoms. The molecule has 1 aromatic rings. The number of para-hydroxylation sites is 1. The fourth-order valence-corrected chi connectivity index (χ4v) is 1.86. The monoisotopic (exact) mass is 342 g/mol. The van der Waals surface area contributed by atoms with Crippen molar-refractivity contribution >= 4 is 39.4 Å². The van der Waals surface area contributed by atoms with Crippen LogP contribution >= 0.6 is 15.9 Å². The molecule has 2 N–H and O–H groups in total. The lowest BCUT2D eigenvalue weighted by atomic mass is 10.2. The van der Waals surface area contributed by atoms with Gasteiger partial charge in [-0.3, -0.25) is 14.4 Å². The summed E-state index contributed by atoms with van der Waals surface area (Å²) in [5.41, 5.74) is 0.601. The highest BCUT2D eigenvalue weighted by Gasteiger charge is 2.18. The first-order valence-electron chi connectivity index (χ1n) is 5.94. The van der Waals surface area contributed by atoms with Crippen LogP contribution in [0.15, 0.2) is 30.3 Å². The van der Waals surface area contributed by atoms with Crippen LogP contribution in [0.1, 0.15) is 6.42 Å². The van der Waals surface area contributed by atoms with Crippen molar-refractivity contribution in [1.29, 1.82) is 0 Å². The lowest BCUT2D eigenvalue weighted by Gasteiger charge is -2.21. The maximum absolute atomic E-state index is 12.0. The largest absolute Gasteiger partial charge is 0.480 e. The van der Waals surface area contributed by atoms with Crippen molar-refractivity contribution in [3.63, 3.8) is 0 Å². The summed E-state index contributed by atoms with van der Waals surface area (Å²) < 4.78 is 0. The number of rotatable bonds is 7. The summed E-state index contributed by atoms with van der Waals surface area (Å²) in [5, 5.41) is 11.2. The van der Waals surface area contributed by atoms with Crippen LogP contribution in [0.4, 0.5) is 5.69 Å². The standard InChI is InChI=1S/C13H15BrN2O4/c14-7-6-12(18)16(10-4-2-1-3-5-10)9-11(17)15-8-13(19)20/h1-5H,6-9H2,(H,15,17)(H,19,20). The summed E-state index contributed by atoms with van der Waals surface area (Å²) in [6, 6.07) is 8.77. The highest BCUT2D eigenvalue weighted by molar-refractivity contribution is 9.09. The van der Waals surface area contributed by atoms with Gasteiger partial charge < -0.3 is 15.3 Å². The second kappa shape index (κ2) is 8.31. The summed E-state index contributed by atoms with van der Waals surface area (Å²) in [6.07, 6.45) is 0.251. The van der Waals surface area contributed by atoms with Gasteiger partial charge in [-0.05, 0) is 12.1 Å². The third kappa shape index (κ3) is 5.40. The average molecular weight is 343 g/mol. The summed E-state index contributed by atoms with van der Waals surface area (Å²) in [5.74, 6) is -1.85. The molecule has 0 saturated heterocycles. The molecule has 1 aromatic carbocycles. The Bertz CT molecular complexity index is 479. The van der Waals surface area contributed by atoms with Crippen LogP contribution in [-0.4, -0.2) is 41.3 Å². The molecule has 108 valence electrons. The summed E-state index contributed by atoms with van der Waals surface area (Å²) in [7, 11) is 0. The number of halogens is 1. The lowest BCUT2D eigenvalue weighted by molar-refractivity contribution is -0.137. The Morgan fingerprint density at radius 2 is 1.85 bits per heavy atom. The molecule has 0 heterocycles. The Labute approximate surface area is 124 Å². The van der Waals surface area contributed by atoms with Crippen LogP contribution in [-0.2, 0) is 14.4 Å². The molecule has 0 aliphatic heterocycles. The zero-order valence-electron chi connectivity index (χ0n) is 10.7. The molecule has 0 atom stereocenters. The predicted molar refractivity (Wildman–Crippen MR) is 77.9 cm³/mol. The van der Waals surface area contributed by atoms with E-state index in [1.807, 2.05) is 0 Å². The number of carboxylic acids is 1. The molecule has 0 saturated carbocycles. The number of hydrogen-bond donors (Lipinski definition) is 2. The number of anilines is 1. The molecule has 0 unspecified atom stereocenters. The lowest BCUT2D eigenvalue weighted by Crippen LogP contribution is -2.42. The van der Waals surface area contributed by atoms with Gasteiger partial charge in [-0.25, -0.2) is 0 Å². The van der Waals surface area contributed by atoms with Crippen molar-refractivity contribution in [2.45, 2.75) is 6.42 Å². The van der Waals surface area contributed by atoms with Crippen LogP contribution < -0.4 is 10.2 Å². The van der Waals surface area contributed by atoms with Gasteiger partial charge in [0.2, 0.25) is 11.8 Å². The van der Waals surface area contributed by atoms with Crippen LogP contribution in [0.25, 0.3) is 0 Å². The number of nitrogens with zero attached hydrogens (tertiary/aromatic N) is 1. The van der Waals surface area contributed by atoms with Gasteiger partial charge in [-0.2, -0.15) is 0 Å². The summed E-state index contributed by atoms with van der Waals surface area (Å²) in [4.78, 5) is 35.4. The van der Waals surface area contributed by atoms with Gasteiger partial charge in [0, 0.05) is 17.4 Å². The SMILES string of the molecule is O=C(O)CNC(=O)CN(C(=O)CCBr)c1ccccc1. The number of aliphatic carboxylic acids is 1. The fraction of sp³-hybridized carbons (Fsp3) is 0.308. The van der Waals surface area contributed by atoms with Gasteiger partial charge in [-0.15, -0.1) is 0 Å². The normalized spacial score (nSPS) is 9.85. The third-order valence-corrected chi connectivity index (χ3v) is 2.81. The van der Waals surface area contributed by atoms with Crippen molar-refractivity contribution < 1.29 is 19.5 Å². The molecule has 0 aromatic heterocycles. The van der Waals surface area contributed by atoms with E-state index in [1.54, 1.807) is 30.3 Å². The van der Waals surface area contributed by atoms with Gasteiger partial charge >= 0.3 is 5.97 Å². The maximum Gasteiger partial charge on any atom is 0.322 e. The van der Waals surface area contributed by atoms with Crippen LogP contribution in [0, 0.1) is 0 Å². The van der Waals surface area contributed by atoms with Crippen molar-refractivity contribution in [2.24, 2.45) is 0 Å². The fourth-order valence-electron chi connectivity index (χ4n) is 1.52. The highest BCUT2D eigenvalue weighted by Crippen LogP contribution is 2.14. The predicted octanol–water partition coefficient (Wildman–Crippen LogP) is 1.01. The summed E-state index contributed by atoms with van der Waals surface area (Å²) in [6.45, 7) is -0.669. The van der Waals surface area contributed by atoms with E-state index in [1.165, 1.54) is 4.90 Å². The minimum absolute atomic E-state index is 0.205. The van der Waals surface area contributed by atoms with E-state index in [0.29, 0.717) is 11.0 Å². The second-order valence-corrected chi connectivity index (χ2v) is 4.72. The molecule has 0 bridgehead atoms. The Hall–Kier alpha value is -1.89. The van der Waals surface area contributed by atoms with Crippen LogP contribution in [0.3, 0.4) is 0 Å². The van der Waals surface area contributed by atoms with Crippen molar-refractivity contribution in [1.82, 2.24) is 5.32 Å². The molecule has 2 amide bonds. The first-order chi connectivity index (χ1) is 9.54. The van der Waals surface area contributed by atoms with Crippen molar-refractivity contribution in [2.75, 3.05) is 23.3 Å². The first kappa shape index (κ1) is 16.2. The van der Waals surface area contributed by atoms with E-state index in [0.717, 1.165) is 0 Å². The van der Waals surface area contributed by atoms with Crippen LogP contribution in [0.2, 0.25) is 0 Å². The number of benzene rings is 1. The molecule has 0 fully saturated rings. The first-order valence-corrected chi connectivity index (χ1v) is 7.06. The number of carboxylic acid groups (broad SMARTS) is 1. The van der Waals surface area contributed by atoms with Gasteiger partial charge in [0.1, 0.15) is 13.1 Å². The molecule has 20 heavy (non-hydrogen) atoms. The molecule has 0 aliphatic carbocycles. The molecular formula is C13H15BrN2O4. The maximum atomic E-state index is 12.0. The number of amides is 2. The zero-order valence-corrected chi connectivity index (χ0v) is 12.3. The Balaban J connectivity index is 2.76. The van der Waals surface area contributed by atoms with E-state index in [2.05, 4.69) is 21.2 Å². The van der Waals surface area contributed by atoms with Crippen molar-refractivity contribution in [3.05, 3.63) is 30.3 Å². The Morgan fingerprint density at radius 3 is 2.40 bits per heavy atom. The Morgan fingerprint density at radius 1 is 1.20 bits per heavy atom. The quantitative estimate of drug-likeness (QED) is 0.724. The second-order valence-electron chi connectivity index (χ2n) is 3.92. The van der Waals surface area contributed by atoms with E-state index in [4.69, 9.17) is 5.11 Å². The summed E-state index contributed by atoms with van der Waals surface area (Å²) >= 11 is 3.18. The van der Waals surface area contributed by atoms with Crippen LogP contribution in [0.5, 0.6) is 0 Å². The van der Waals surface area contributed by atoms with Gasteiger partial charge in [0.15, 0.2) is 0 Å². The number of nitrogens with one attached hydrogen (secondary N) is 1. The molecule has 6 nitrogen and oxygen atoms in total. The highest BCUT2D eigenvalue weighted by atomic mass is 79.9. The topological polar surface area (TPSA) is 86.7 Å². The number of hydrogen-bond acceptors (Lipinski definition) is 3. The van der Waals surface area contributed by atoms with Gasteiger partial charge in [-0.1, -0.05) is 34.1 Å². The van der Waals surface area contributed by atoms with Gasteiger partial charge in [0.05, 0.1) is 0 Å². The smallest absolute Gasteiger partial charge is 0.322 e. The Kier molecular flexibility index (Phi) is 6.72. The average Bonchev–Trinajstić information content (AvgIpc) is 2.43. The molecule has 1 rings (SSSR count). The van der Waals surface area contributed by atoms with Crippen molar-refractivity contribution in [3.8, 4) is 0 Å². The van der Waals surface area contributed by atoms with E-state index < -0.39 is 18.4 Å². The van der Waals surface area contributed by atoms with E-state index >= 15 is 0 Å². The molecule has 0 aliphatic rings. The number of carbonyl (C=O) groups is 3. The number of alkyl halides is 1.